The maximum atomic E-state index is 12.5. The zero-order valence-corrected chi connectivity index (χ0v) is 21.4. The van der Waals surface area contributed by atoms with Gasteiger partial charge in [-0.15, -0.1) is 24.8 Å². The third-order valence-electron chi connectivity index (χ3n) is 6.07. The molecule has 184 valence electrons. The number of hydrogen-bond acceptors (Lipinski definition) is 6. The van der Waals surface area contributed by atoms with Crippen LogP contribution in [-0.4, -0.2) is 45.8 Å². The monoisotopic (exact) mass is 518 g/mol. The quantitative estimate of drug-likeness (QED) is 0.493. The third-order valence-corrected chi connectivity index (χ3v) is 6.65. The van der Waals surface area contributed by atoms with E-state index in [1.807, 2.05) is 25.2 Å². The first-order valence-electron chi connectivity index (χ1n) is 10.2. The van der Waals surface area contributed by atoms with Crippen molar-refractivity contribution in [2.75, 3.05) is 25.1 Å². The van der Waals surface area contributed by atoms with Crippen LogP contribution < -0.4 is 20.5 Å². The first kappa shape index (κ1) is 29.0. The van der Waals surface area contributed by atoms with Crippen molar-refractivity contribution in [1.29, 1.82) is 0 Å². The van der Waals surface area contributed by atoms with Gasteiger partial charge in [-0.05, 0) is 74.5 Å². The van der Waals surface area contributed by atoms with Gasteiger partial charge in [0.05, 0.1) is 18.8 Å². The van der Waals surface area contributed by atoms with Gasteiger partial charge in [-0.3, -0.25) is 9.52 Å². The van der Waals surface area contributed by atoms with E-state index in [0.717, 1.165) is 48.6 Å². The molecule has 33 heavy (non-hydrogen) atoms. The molecule has 8 nitrogen and oxygen atoms in total. The minimum Gasteiger partial charge on any atom is -0.496 e. The molecule has 11 heteroatoms. The molecule has 0 unspecified atom stereocenters. The van der Waals surface area contributed by atoms with E-state index in [0.29, 0.717) is 18.2 Å². The Morgan fingerprint density at radius 3 is 2.30 bits per heavy atom. The Morgan fingerprint density at radius 2 is 1.82 bits per heavy atom. The van der Waals surface area contributed by atoms with Crippen LogP contribution >= 0.6 is 24.8 Å². The van der Waals surface area contributed by atoms with Crippen LogP contribution in [0.2, 0.25) is 0 Å². The lowest BCUT2D eigenvalue weighted by Crippen LogP contribution is -2.45. The Hall–Kier alpha value is -2.07. The van der Waals surface area contributed by atoms with E-state index >= 15 is 0 Å². The minimum absolute atomic E-state index is 0. The number of aromatic nitrogens is 1. The maximum absolute atomic E-state index is 12.5. The molecule has 1 aliphatic carbocycles. The number of sulfonamides is 1. The Balaban J connectivity index is 0.00000272. The smallest absolute Gasteiger partial charge is 0.230 e. The van der Waals surface area contributed by atoms with E-state index in [1.165, 1.54) is 0 Å². The van der Waals surface area contributed by atoms with E-state index in [9.17, 15) is 13.2 Å². The van der Waals surface area contributed by atoms with Crippen LogP contribution in [0.5, 0.6) is 5.75 Å². The van der Waals surface area contributed by atoms with Crippen LogP contribution in [0.3, 0.4) is 0 Å². The number of nitrogens with two attached hydrogens (primary N) is 1. The van der Waals surface area contributed by atoms with Crippen LogP contribution in [0.15, 0.2) is 36.5 Å². The number of benzene rings is 1. The summed E-state index contributed by atoms with van der Waals surface area (Å²) in [5, 5.41) is 3.29. The molecule has 3 rings (SSSR count). The number of halogens is 2. The number of amides is 1. The summed E-state index contributed by atoms with van der Waals surface area (Å²) in [5.41, 5.74) is 7.93. The lowest BCUT2D eigenvalue weighted by atomic mass is 9.68. The number of hydrogen-bond donors (Lipinski definition) is 3. The average molecular weight is 519 g/mol. The second-order valence-electron chi connectivity index (χ2n) is 8.22. The Labute approximate surface area is 207 Å². The highest BCUT2D eigenvalue weighted by atomic mass is 35.5. The van der Waals surface area contributed by atoms with E-state index in [-0.39, 0.29) is 36.5 Å². The first-order valence-corrected chi connectivity index (χ1v) is 12.1. The topological polar surface area (TPSA) is 123 Å². The predicted molar refractivity (Wildman–Crippen MR) is 136 cm³/mol. The molecule has 1 fully saturated rings. The van der Waals surface area contributed by atoms with Crippen LogP contribution in [0.25, 0.3) is 11.1 Å². The molecule has 1 heterocycles. The van der Waals surface area contributed by atoms with E-state index in [2.05, 4.69) is 15.0 Å². The number of carbonyl (C=O) groups excluding carboxylic acids is 1. The van der Waals surface area contributed by atoms with Crippen molar-refractivity contribution in [3.05, 3.63) is 42.1 Å². The summed E-state index contributed by atoms with van der Waals surface area (Å²) in [6, 6.07) is 9.61. The fourth-order valence-electron chi connectivity index (χ4n) is 4.25. The van der Waals surface area contributed by atoms with Crippen molar-refractivity contribution < 1.29 is 17.9 Å². The predicted octanol–water partition coefficient (Wildman–Crippen LogP) is 3.15. The highest BCUT2D eigenvalue weighted by Crippen LogP contribution is 2.41. The van der Waals surface area contributed by atoms with Crippen molar-refractivity contribution in [2.45, 2.75) is 38.1 Å². The summed E-state index contributed by atoms with van der Waals surface area (Å²) in [6.07, 6.45) is 6.47. The van der Waals surface area contributed by atoms with Crippen molar-refractivity contribution in [2.24, 2.45) is 11.1 Å². The Kier molecular flexibility index (Phi) is 10.4. The zero-order chi connectivity index (χ0) is 22.6. The molecule has 1 aromatic heterocycles. The third kappa shape index (κ3) is 7.20. The zero-order valence-electron chi connectivity index (χ0n) is 19.0. The average Bonchev–Trinajstić information content (AvgIpc) is 2.73. The van der Waals surface area contributed by atoms with Gasteiger partial charge in [0.15, 0.2) is 0 Å². The fourth-order valence-corrected chi connectivity index (χ4v) is 4.75. The van der Waals surface area contributed by atoms with Gasteiger partial charge >= 0.3 is 0 Å². The summed E-state index contributed by atoms with van der Waals surface area (Å²) < 4.78 is 30.7. The number of rotatable bonds is 8. The van der Waals surface area contributed by atoms with Gasteiger partial charge in [-0.2, -0.15) is 0 Å². The standard InChI is InChI=1S/C22H30N4O4S.2ClH/c1-24-18-8-10-22(11-9-18,21(23)27)13-17-12-15(4-6-19(17)30-2)16-5-7-20(25-14-16)26-31(3,28)29;;/h4-7,12,14,18,24H,8-11,13H2,1-3H3,(H2,23,27)(H,25,26);2*1H. The highest BCUT2D eigenvalue weighted by molar-refractivity contribution is 7.92. The van der Waals surface area contributed by atoms with Crippen molar-refractivity contribution in [1.82, 2.24) is 10.3 Å². The SMILES string of the molecule is CNC1CCC(Cc2cc(-c3ccc(NS(C)(=O)=O)nc3)ccc2OC)(C(N)=O)CC1.Cl.Cl. The van der Waals surface area contributed by atoms with Gasteiger partial charge in [0.2, 0.25) is 15.9 Å². The minimum atomic E-state index is -3.39. The van der Waals surface area contributed by atoms with Gasteiger partial charge in [-0.25, -0.2) is 13.4 Å². The largest absolute Gasteiger partial charge is 0.496 e. The van der Waals surface area contributed by atoms with Crippen molar-refractivity contribution >= 4 is 46.6 Å². The molecule has 0 radical (unpaired) electrons. The van der Waals surface area contributed by atoms with E-state index in [1.54, 1.807) is 25.4 Å². The second kappa shape index (κ2) is 11.9. The molecule has 1 aliphatic rings. The lowest BCUT2D eigenvalue weighted by Gasteiger charge is -2.38. The van der Waals surface area contributed by atoms with Crippen LogP contribution in [0, 0.1) is 5.41 Å². The van der Waals surface area contributed by atoms with Crippen LogP contribution in [-0.2, 0) is 21.2 Å². The number of carbonyl (C=O) groups is 1. The molecule has 0 aliphatic heterocycles. The Bertz CT molecular complexity index is 1040. The van der Waals surface area contributed by atoms with Gasteiger partial charge in [0, 0.05) is 17.8 Å². The second-order valence-corrected chi connectivity index (χ2v) is 9.97. The summed E-state index contributed by atoms with van der Waals surface area (Å²) >= 11 is 0. The molecule has 0 atom stereocenters. The summed E-state index contributed by atoms with van der Waals surface area (Å²) in [4.78, 5) is 16.7. The van der Waals surface area contributed by atoms with Gasteiger partial charge in [0.25, 0.3) is 0 Å². The van der Waals surface area contributed by atoms with Crippen molar-refractivity contribution in [3.8, 4) is 16.9 Å². The van der Waals surface area contributed by atoms with E-state index in [4.69, 9.17) is 10.5 Å². The first-order chi connectivity index (χ1) is 14.7. The molecular weight excluding hydrogens is 487 g/mol. The number of nitrogens with zero attached hydrogens (tertiary/aromatic N) is 1. The molecule has 1 amide bonds. The number of methoxy groups -OCH3 is 1. The lowest BCUT2D eigenvalue weighted by molar-refractivity contribution is -0.129. The van der Waals surface area contributed by atoms with Crippen LogP contribution in [0.1, 0.15) is 31.2 Å². The maximum Gasteiger partial charge on any atom is 0.230 e. The molecule has 0 bridgehead atoms. The van der Waals surface area contributed by atoms with Gasteiger partial charge in [-0.1, -0.05) is 6.07 Å². The summed E-state index contributed by atoms with van der Waals surface area (Å²) in [6.45, 7) is 0. The fraction of sp³-hybridized carbons (Fsp3) is 0.455. The van der Waals surface area contributed by atoms with Gasteiger partial charge < -0.3 is 15.8 Å². The molecule has 0 spiro atoms. The summed E-state index contributed by atoms with van der Waals surface area (Å²) in [5.74, 6) is 0.699. The number of primary amides is 1. The molecule has 1 aromatic carbocycles. The molecular formula is C22H32Cl2N4O4S. The molecule has 4 N–H and O–H groups in total. The number of pyridine rings is 1. The number of anilines is 1. The number of nitrogens with one attached hydrogen (secondary N) is 2. The van der Waals surface area contributed by atoms with Crippen LogP contribution in [0.4, 0.5) is 5.82 Å². The molecule has 2 aromatic rings. The van der Waals surface area contributed by atoms with Crippen molar-refractivity contribution in [3.63, 3.8) is 0 Å². The number of ether oxygens (including phenoxy) is 1. The molecule has 1 saturated carbocycles. The molecule has 0 saturated heterocycles. The highest BCUT2D eigenvalue weighted by Gasteiger charge is 2.40. The normalized spacial score (nSPS) is 20.2. The summed E-state index contributed by atoms with van der Waals surface area (Å²) in [7, 11) is 0.170. The van der Waals surface area contributed by atoms with E-state index < -0.39 is 15.4 Å². The van der Waals surface area contributed by atoms with Gasteiger partial charge in [0.1, 0.15) is 11.6 Å². The Morgan fingerprint density at radius 1 is 1.18 bits per heavy atom.